The van der Waals surface area contributed by atoms with Crippen molar-refractivity contribution in [2.75, 3.05) is 11.9 Å². The third-order valence-corrected chi connectivity index (χ3v) is 5.76. The first-order valence-corrected chi connectivity index (χ1v) is 10.0. The minimum Gasteiger partial charge on any atom is -0.359 e. The summed E-state index contributed by atoms with van der Waals surface area (Å²) in [4.78, 5) is 0. The molecule has 4 rings (SSSR count). The lowest BCUT2D eigenvalue weighted by Crippen LogP contribution is -2.31. The van der Waals surface area contributed by atoms with Crippen LogP contribution >= 0.6 is 11.3 Å². The molecule has 0 saturated carbocycles. The molecule has 2 aromatic heterocycles. The second-order valence-corrected chi connectivity index (χ2v) is 8.00. The van der Waals surface area contributed by atoms with Gasteiger partial charge in [-0.25, -0.2) is 0 Å². The van der Waals surface area contributed by atoms with Gasteiger partial charge >= 0.3 is 6.18 Å². The molecule has 2 aromatic carbocycles. The molecule has 0 radical (unpaired) electrons. The Hall–Kier alpha value is -2.98. The molecule has 156 valence electrons. The fourth-order valence-electron chi connectivity index (χ4n) is 3.22. The normalized spacial score (nSPS) is 13.0. The molecule has 0 aliphatic carbocycles. The predicted molar refractivity (Wildman–Crippen MR) is 111 cm³/mol. The smallest absolute Gasteiger partial charge is 0.359 e. The number of fused-ring (bicyclic) bond motifs is 1. The summed E-state index contributed by atoms with van der Waals surface area (Å²) >= 11 is 1.42. The molecule has 4 aromatic rings. The Kier molecular flexibility index (Phi) is 5.44. The number of nitrogens with zero attached hydrogens (tertiary/aromatic N) is 3. The van der Waals surface area contributed by atoms with Gasteiger partial charge in [0.15, 0.2) is 0 Å². The lowest BCUT2D eigenvalue weighted by atomic mass is 10.0. The summed E-state index contributed by atoms with van der Waals surface area (Å²) in [6.45, 7) is 2.44. The molecule has 1 atom stereocenters. The summed E-state index contributed by atoms with van der Waals surface area (Å²) in [5.41, 5.74) is 9.24. The second kappa shape index (κ2) is 8.04. The molecule has 0 saturated heterocycles. The molecule has 0 aliphatic rings. The number of nitrogens with two attached hydrogens (primary N) is 1. The highest BCUT2D eigenvalue weighted by Crippen LogP contribution is 2.32. The third kappa shape index (κ3) is 4.29. The predicted octanol–water partition coefficient (Wildman–Crippen LogP) is 4.39. The number of aryl methyl sites for hydroxylation is 1. The molecule has 10 heteroatoms. The fraction of sp³-hybridized carbons (Fsp3) is 0.250. The van der Waals surface area contributed by atoms with Crippen molar-refractivity contribution in [3.05, 3.63) is 59.3 Å². The molecule has 0 spiro atoms. The van der Waals surface area contributed by atoms with Gasteiger partial charge in [-0.05, 0) is 48.7 Å². The topological polar surface area (TPSA) is 92.5 Å². The monoisotopic (exact) mass is 432 g/mol. The zero-order valence-corrected chi connectivity index (χ0v) is 16.8. The van der Waals surface area contributed by atoms with Crippen molar-refractivity contribution in [1.29, 1.82) is 0 Å². The quantitative estimate of drug-likeness (QED) is 0.420. The highest BCUT2D eigenvalue weighted by molar-refractivity contribution is 7.18. The maximum absolute atomic E-state index is 12.6. The Morgan fingerprint density at radius 3 is 2.63 bits per heavy atom. The average Bonchev–Trinajstić information content (AvgIpc) is 3.36. The Morgan fingerprint density at radius 1 is 1.13 bits per heavy atom. The minimum absolute atomic E-state index is 0.280. The summed E-state index contributed by atoms with van der Waals surface area (Å²) in [5.74, 6) is 0. The van der Waals surface area contributed by atoms with Crippen LogP contribution in [0.25, 0.3) is 21.5 Å². The van der Waals surface area contributed by atoms with E-state index in [-0.39, 0.29) is 6.04 Å². The van der Waals surface area contributed by atoms with Crippen LogP contribution in [0.4, 0.5) is 18.3 Å². The molecular formula is C20H19F3N6S. The molecule has 0 aliphatic heterocycles. The van der Waals surface area contributed by atoms with Crippen molar-refractivity contribution in [2.45, 2.75) is 25.6 Å². The number of anilines is 1. The van der Waals surface area contributed by atoms with Crippen LogP contribution in [0.5, 0.6) is 0 Å². The number of alkyl halides is 3. The molecule has 6 nitrogen and oxygen atoms in total. The number of aromatic amines is 1. The Morgan fingerprint density at radius 2 is 1.90 bits per heavy atom. The van der Waals surface area contributed by atoms with Crippen LogP contribution in [0.2, 0.25) is 0 Å². The molecule has 0 fully saturated rings. The molecule has 4 N–H and O–H groups in total. The van der Waals surface area contributed by atoms with Crippen LogP contribution in [0.1, 0.15) is 16.7 Å². The van der Waals surface area contributed by atoms with Gasteiger partial charge in [-0.2, -0.15) is 18.3 Å². The molecular weight excluding hydrogens is 413 g/mol. The van der Waals surface area contributed by atoms with E-state index in [1.54, 1.807) is 6.20 Å². The average molecular weight is 432 g/mol. The molecule has 0 bridgehead atoms. The summed E-state index contributed by atoms with van der Waals surface area (Å²) in [7, 11) is 0. The number of rotatable bonds is 6. The maximum Gasteiger partial charge on any atom is 0.416 e. The molecule has 0 amide bonds. The zero-order valence-electron chi connectivity index (χ0n) is 16.0. The Labute approximate surface area is 174 Å². The van der Waals surface area contributed by atoms with Crippen molar-refractivity contribution in [3.8, 4) is 10.6 Å². The van der Waals surface area contributed by atoms with Gasteiger partial charge in [-0.3, -0.25) is 5.10 Å². The van der Waals surface area contributed by atoms with Crippen LogP contribution in [-0.4, -0.2) is 33.0 Å². The van der Waals surface area contributed by atoms with Gasteiger partial charge in [0.1, 0.15) is 5.01 Å². The Bertz CT molecular complexity index is 1150. The van der Waals surface area contributed by atoms with Crippen molar-refractivity contribution in [1.82, 2.24) is 20.4 Å². The van der Waals surface area contributed by atoms with Crippen LogP contribution in [0.3, 0.4) is 0 Å². The van der Waals surface area contributed by atoms with E-state index in [2.05, 4.69) is 25.7 Å². The van der Waals surface area contributed by atoms with E-state index in [0.29, 0.717) is 18.1 Å². The summed E-state index contributed by atoms with van der Waals surface area (Å²) in [6, 6.07) is 8.73. The minimum atomic E-state index is -4.34. The van der Waals surface area contributed by atoms with Gasteiger partial charge in [0.05, 0.1) is 17.3 Å². The number of hydrogen-bond donors (Lipinski definition) is 3. The van der Waals surface area contributed by atoms with Crippen LogP contribution in [0, 0.1) is 6.92 Å². The number of benzene rings is 2. The van der Waals surface area contributed by atoms with Crippen LogP contribution < -0.4 is 11.1 Å². The first-order valence-electron chi connectivity index (χ1n) is 9.23. The number of halogens is 3. The third-order valence-electron chi connectivity index (χ3n) is 4.84. The second-order valence-electron chi connectivity index (χ2n) is 7.02. The summed E-state index contributed by atoms with van der Waals surface area (Å²) in [6.07, 6.45) is -2.10. The zero-order chi connectivity index (χ0) is 21.3. The lowest BCUT2D eigenvalue weighted by molar-refractivity contribution is -0.137. The van der Waals surface area contributed by atoms with Gasteiger partial charge in [0.2, 0.25) is 5.13 Å². The highest BCUT2D eigenvalue weighted by Gasteiger charge is 2.29. The number of aromatic nitrogens is 4. The first-order chi connectivity index (χ1) is 14.3. The van der Waals surface area contributed by atoms with E-state index in [9.17, 15) is 13.2 Å². The van der Waals surface area contributed by atoms with Crippen molar-refractivity contribution in [2.24, 2.45) is 5.73 Å². The van der Waals surface area contributed by atoms with Gasteiger partial charge in [0.25, 0.3) is 0 Å². The van der Waals surface area contributed by atoms with Gasteiger partial charge < -0.3 is 11.1 Å². The van der Waals surface area contributed by atoms with Gasteiger partial charge in [-0.15, -0.1) is 10.2 Å². The number of H-pyrrole nitrogens is 1. The number of nitrogens with one attached hydrogen (secondary N) is 2. The SMILES string of the molecule is Cc1c(-c2nnc(NC[C@H](N)Cc3ccc(C(F)(F)F)cc3)s2)ccc2[nH]ncc12. The standard InChI is InChI=1S/C20H19F3N6S/c1-11-15(6-7-17-16(11)10-26-27-17)18-28-29-19(30-18)25-9-14(24)8-12-2-4-13(5-3-12)20(21,22)23/h2-7,10,14H,8-9,24H2,1H3,(H,25,29)(H,26,27)/t14-/m1/s1. The summed E-state index contributed by atoms with van der Waals surface area (Å²) < 4.78 is 37.9. The largest absolute Gasteiger partial charge is 0.416 e. The van der Waals surface area contributed by atoms with E-state index in [4.69, 9.17) is 5.73 Å². The van der Waals surface area contributed by atoms with Crippen molar-refractivity contribution in [3.63, 3.8) is 0 Å². The van der Waals surface area contributed by atoms with Gasteiger partial charge in [-0.1, -0.05) is 23.5 Å². The molecule has 2 heterocycles. The maximum atomic E-state index is 12.6. The van der Waals surface area contributed by atoms with Crippen molar-refractivity contribution >= 4 is 27.4 Å². The van der Waals surface area contributed by atoms with E-state index < -0.39 is 11.7 Å². The van der Waals surface area contributed by atoms with E-state index in [0.717, 1.165) is 44.7 Å². The molecule has 30 heavy (non-hydrogen) atoms. The Balaban J connectivity index is 1.37. The van der Waals surface area contributed by atoms with Crippen LogP contribution in [-0.2, 0) is 12.6 Å². The van der Waals surface area contributed by atoms with E-state index in [1.165, 1.54) is 23.5 Å². The van der Waals surface area contributed by atoms with E-state index >= 15 is 0 Å². The van der Waals surface area contributed by atoms with Gasteiger partial charge in [0, 0.05) is 23.5 Å². The highest BCUT2D eigenvalue weighted by atomic mass is 32.1. The number of hydrogen-bond acceptors (Lipinski definition) is 6. The lowest BCUT2D eigenvalue weighted by Gasteiger charge is -2.13. The molecule has 0 unspecified atom stereocenters. The first kappa shape index (κ1) is 20.3. The fourth-order valence-corrected chi connectivity index (χ4v) is 4.05. The summed E-state index contributed by atoms with van der Waals surface area (Å²) in [5, 5.41) is 21.1. The van der Waals surface area contributed by atoms with E-state index in [1.807, 2.05) is 19.1 Å². The van der Waals surface area contributed by atoms with Crippen LogP contribution in [0.15, 0.2) is 42.6 Å². The van der Waals surface area contributed by atoms with Crippen molar-refractivity contribution < 1.29 is 13.2 Å².